The zero-order chi connectivity index (χ0) is 19.9. The Bertz CT molecular complexity index is 806. The lowest BCUT2D eigenvalue weighted by molar-refractivity contribution is -0.138. The largest absolute Gasteiger partial charge is 0.341 e. The van der Waals surface area contributed by atoms with E-state index in [0.29, 0.717) is 10.7 Å². The van der Waals surface area contributed by atoms with E-state index in [1.165, 1.54) is 0 Å². The molecule has 0 saturated carbocycles. The smallest absolute Gasteiger partial charge is 0.244 e. The van der Waals surface area contributed by atoms with E-state index in [1.807, 2.05) is 54.4 Å². The fourth-order valence-corrected chi connectivity index (χ4v) is 3.76. The van der Waals surface area contributed by atoms with Crippen LogP contribution in [-0.2, 0) is 9.59 Å². The first-order chi connectivity index (χ1) is 13.6. The van der Waals surface area contributed by atoms with Gasteiger partial charge in [-0.05, 0) is 44.0 Å². The number of hydrogen-bond donors (Lipinski definition) is 1. The van der Waals surface area contributed by atoms with Crippen LogP contribution >= 0.6 is 11.6 Å². The standard InChI is InChI=1S/C22H26ClN3O2/c1-25(16-20(27)24-19-13-7-6-12-18(19)23)21(17-10-4-2-5-11-17)22(28)26-14-8-3-9-15-26/h2,4-7,10-13,21H,3,8-9,14-16H2,1H3,(H,24,27)/t21-/m0/s1. The van der Waals surface area contributed by atoms with E-state index in [1.54, 1.807) is 17.0 Å². The fraction of sp³-hybridized carbons (Fsp3) is 0.364. The number of rotatable bonds is 6. The highest BCUT2D eigenvalue weighted by Gasteiger charge is 2.31. The summed E-state index contributed by atoms with van der Waals surface area (Å²) in [6.45, 7) is 1.65. The Morgan fingerprint density at radius 3 is 2.36 bits per heavy atom. The molecule has 6 heteroatoms. The SMILES string of the molecule is CN(CC(=O)Nc1ccccc1Cl)[C@H](C(=O)N1CCCCC1)c1ccccc1. The quantitative estimate of drug-likeness (QED) is 0.799. The Morgan fingerprint density at radius 2 is 1.68 bits per heavy atom. The molecular formula is C22H26ClN3O2. The summed E-state index contributed by atoms with van der Waals surface area (Å²) in [6.07, 6.45) is 3.23. The van der Waals surface area contributed by atoms with Crippen LogP contribution in [0, 0.1) is 0 Å². The highest BCUT2D eigenvalue weighted by Crippen LogP contribution is 2.25. The molecule has 0 aromatic heterocycles. The van der Waals surface area contributed by atoms with E-state index in [-0.39, 0.29) is 18.4 Å². The molecule has 1 aliphatic heterocycles. The molecule has 148 valence electrons. The van der Waals surface area contributed by atoms with Crippen molar-refractivity contribution < 1.29 is 9.59 Å². The van der Waals surface area contributed by atoms with Crippen LogP contribution in [-0.4, -0.2) is 48.3 Å². The Kier molecular flexibility index (Phi) is 7.06. The average Bonchev–Trinajstić information content (AvgIpc) is 2.71. The Balaban J connectivity index is 1.74. The van der Waals surface area contributed by atoms with Gasteiger partial charge in [-0.2, -0.15) is 0 Å². The molecular weight excluding hydrogens is 374 g/mol. The van der Waals surface area contributed by atoms with Gasteiger partial charge in [0.05, 0.1) is 17.3 Å². The van der Waals surface area contributed by atoms with E-state index in [9.17, 15) is 9.59 Å². The summed E-state index contributed by atoms with van der Waals surface area (Å²) in [5.41, 5.74) is 1.47. The van der Waals surface area contributed by atoms with Crippen molar-refractivity contribution >= 4 is 29.1 Å². The minimum absolute atomic E-state index is 0.0546. The fourth-order valence-electron chi connectivity index (χ4n) is 3.58. The van der Waals surface area contributed by atoms with Crippen molar-refractivity contribution in [3.05, 3.63) is 65.2 Å². The van der Waals surface area contributed by atoms with Crippen molar-refractivity contribution in [3.8, 4) is 0 Å². The van der Waals surface area contributed by atoms with Crippen LogP contribution in [0.5, 0.6) is 0 Å². The van der Waals surface area contributed by atoms with Crippen molar-refractivity contribution in [1.82, 2.24) is 9.80 Å². The summed E-state index contributed by atoms with van der Waals surface area (Å²) in [5.74, 6) is -0.151. The van der Waals surface area contributed by atoms with Gasteiger partial charge in [-0.15, -0.1) is 0 Å². The van der Waals surface area contributed by atoms with Crippen LogP contribution in [0.2, 0.25) is 5.02 Å². The Labute approximate surface area is 171 Å². The van der Waals surface area contributed by atoms with Crippen LogP contribution in [0.25, 0.3) is 0 Å². The average molecular weight is 400 g/mol. The van der Waals surface area contributed by atoms with Crippen molar-refractivity contribution in [2.75, 3.05) is 32.0 Å². The van der Waals surface area contributed by atoms with E-state index in [0.717, 1.165) is 37.9 Å². The first-order valence-corrected chi connectivity index (χ1v) is 10.0. The molecule has 0 aliphatic carbocycles. The van der Waals surface area contributed by atoms with Crippen LogP contribution in [0.4, 0.5) is 5.69 Å². The number of halogens is 1. The van der Waals surface area contributed by atoms with Gasteiger partial charge in [-0.3, -0.25) is 14.5 Å². The molecule has 1 heterocycles. The first-order valence-electron chi connectivity index (χ1n) is 9.64. The third kappa shape index (κ3) is 5.12. The topological polar surface area (TPSA) is 52.7 Å². The minimum atomic E-state index is -0.490. The van der Waals surface area contributed by atoms with Crippen LogP contribution < -0.4 is 5.32 Å². The second-order valence-electron chi connectivity index (χ2n) is 7.14. The zero-order valence-corrected chi connectivity index (χ0v) is 16.9. The number of piperidine rings is 1. The molecule has 1 saturated heterocycles. The van der Waals surface area contributed by atoms with Gasteiger partial charge in [-0.25, -0.2) is 0 Å². The number of amides is 2. The Morgan fingerprint density at radius 1 is 1.04 bits per heavy atom. The molecule has 0 spiro atoms. The monoisotopic (exact) mass is 399 g/mol. The van der Waals surface area contributed by atoms with E-state index in [2.05, 4.69) is 5.32 Å². The number of nitrogens with zero attached hydrogens (tertiary/aromatic N) is 2. The molecule has 1 fully saturated rings. The number of likely N-dealkylation sites (tertiary alicyclic amines) is 1. The lowest BCUT2D eigenvalue weighted by Crippen LogP contribution is -2.45. The number of likely N-dealkylation sites (N-methyl/N-ethyl adjacent to an activating group) is 1. The number of nitrogens with one attached hydrogen (secondary N) is 1. The summed E-state index contributed by atoms with van der Waals surface area (Å²) in [6, 6.07) is 16.3. The summed E-state index contributed by atoms with van der Waals surface area (Å²) < 4.78 is 0. The third-order valence-corrected chi connectivity index (χ3v) is 5.33. The summed E-state index contributed by atoms with van der Waals surface area (Å²) in [5, 5.41) is 3.32. The van der Waals surface area contributed by atoms with Crippen LogP contribution in [0.3, 0.4) is 0 Å². The molecule has 1 N–H and O–H groups in total. The molecule has 0 unspecified atom stereocenters. The highest BCUT2D eigenvalue weighted by molar-refractivity contribution is 6.33. The van der Waals surface area contributed by atoms with E-state index >= 15 is 0 Å². The highest BCUT2D eigenvalue weighted by atomic mass is 35.5. The number of para-hydroxylation sites is 1. The maximum absolute atomic E-state index is 13.3. The first kappa shape index (κ1) is 20.4. The van der Waals surface area contributed by atoms with Gasteiger partial charge < -0.3 is 10.2 Å². The number of hydrogen-bond acceptors (Lipinski definition) is 3. The molecule has 28 heavy (non-hydrogen) atoms. The van der Waals surface area contributed by atoms with Gasteiger partial charge in [0.1, 0.15) is 6.04 Å². The molecule has 2 aromatic rings. The van der Waals surface area contributed by atoms with E-state index in [4.69, 9.17) is 11.6 Å². The zero-order valence-electron chi connectivity index (χ0n) is 16.1. The summed E-state index contributed by atoms with van der Waals surface area (Å²) in [7, 11) is 1.81. The summed E-state index contributed by atoms with van der Waals surface area (Å²) in [4.78, 5) is 29.6. The number of carbonyl (C=O) groups is 2. The normalized spacial score (nSPS) is 15.3. The third-order valence-electron chi connectivity index (χ3n) is 5.00. The van der Waals surface area contributed by atoms with Gasteiger partial charge in [-0.1, -0.05) is 54.1 Å². The Hall–Kier alpha value is -2.37. The molecule has 0 radical (unpaired) electrons. The molecule has 1 atom stereocenters. The van der Waals surface area contributed by atoms with Crippen molar-refractivity contribution in [2.24, 2.45) is 0 Å². The van der Waals surface area contributed by atoms with Crippen LogP contribution in [0.1, 0.15) is 30.9 Å². The molecule has 5 nitrogen and oxygen atoms in total. The number of anilines is 1. The lowest BCUT2D eigenvalue weighted by Gasteiger charge is -2.34. The number of benzene rings is 2. The number of carbonyl (C=O) groups excluding carboxylic acids is 2. The second-order valence-corrected chi connectivity index (χ2v) is 7.55. The molecule has 0 bridgehead atoms. The van der Waals surface area contributed by atoms with Gasteiger partial charge >= 0.3 is 0 Å². The van der Waals surface area contributed by atoms with Gasteiger partial charge in [0.25, 0.3) is 0 Å². The molecule has 2 amide bonds. The van der Waals surface area contributed by atoms with E-state index < -0.39 is 6.04 Å². The lowest BCUT2D eigenvalue weighted by atomic mass is 10.0. The van der Waals surface area contributed by atoms with Gasteiger partial charge in [0, 0.05) is 13.1 Å². The van der Waals surface area contributed by atoms with Gasteiger partial charge in [0.15, 0.2) is 0 Å². The van der Waals surface area contributed by atoms with Crippen molar-refractivity contribution in [2.45, 2.75) is 25.3 Å². The second kappa shape index (κ2) is 9.71. The molecule has 2 aromatic carbocycles. The van der Waals surface area contributed by atoms with Gasteiger partial charge in [0.2, 0.25) is 11.8 Å². The van der Waals surface area contributed by atoms with Crippen molar-refractivity contribution in [1.29, 1.82) is 0 Å². The summed E-state index contributed by atoms with van der Waals surface area (Å²) >= 11 is 6.13. The van der Waals surface area contributed by atoms with Crippen LogP contribution in [0.15, 0.2) is 54.6 Å². The maximum atomic E-state index is 13.3. The molecule has 3 rings (SSSR count). The predicted octanol–water partition coefficient (Wildman–Crippen LogP) is 3.96. The molecule has 1 aliphatic rings. The van der Waals surface area contributed by atoms with Crippen molar-refractivity contribution in [3.63, 3.8) is 0 Å². The maximum Gasteiger partial charge on any atom is 0.244 e. The minimum Gasteiger partial charge on any atom is -0.341 e. The predicted molar refractivity (Wildman–Crippen MR) is 112 cm³/mol.